The molecule has 6 nitrogen and oxygen atoms in total. The van der Waals surface area contributed by atoms with Gasteiger partial charge in [-0.3, -0.25) is 4.79 Å². The van der Waals surface area contributed by atoms with Crippen LogP contribution in [0, 0.1) is 11.7 Å². The number of carboxylic acids is 1. The number of halogens is 3. The van der Waals surface area contributed by atoms with E-state index in [1.165, 1.54) is 6.20 Å². The lowest BCUT2D eigenvalue weighted by atomic mass is 10.1. The standard InChI is InChI=1S/C21H22ClF2N3O3/c22-17-18-13(20(28)14(21(29)30)8-27(18)12-3-4-12)5-15(23)19(17)26-7-10(16(24)9-26)6-25-11-1-2-11/h5,8,10-12,16,25H,1-4,6-7,9H2,(H,29,30). The predicted molar refractivity (Wildman–Crippen MR) is 110 cm³/mol. The third-order valence-electron chi connectivity index (χ3n) is 6.28. The monoisotopic (exact) mass is 437 g/mol. The molecule has 1 aromatic carbocycles. The van der Waals surface area contributed by atoms with Crippen molar-refractivity contribution in [3.63, 3.8) is 0 Å². The van der Waals surface area contributed by atoms with Gasteiger partial charge >= 0.3 is 5.97 Å². The fraction of sp³-hybridized carbons (Fsp3) is 0.524. The fourth-order valence-corrected chi connectivity index (χ4v) is 4.74. The zero-order chi connectivity index (χ0) is 21.2. The summed E-state index contributed by atoms with van der Waals surface area (Å²) in [6, 6.07) is 1.53. The SMILES string of the molecule is O=C(O)c1cn(C2CC2)c2c(Cl)c(N3CC(F)C(CNC4CC4)C3)c(F)cc2c1=O. The van der Waals surface area contributed by atoms with Crippen LogP contribution in [0.3, 0.4) is 0 Å². The number of hydrogen-bond acceptors (Lipinski definition) is 4. The van der Waals surface area contributed by atoms with Crippen LogP contribution in [0.4, 0.5) is 14.5 Å². The largest absolute Gasteiger partial charge is 0.477 e. The molecule has 2 saturated carbocycles. The summed E-state index contributed by atoms with van der Waals surface area (Å²) in [5.74, 6) is -2.36. The average molecular weight is 438 g/mol. The van der Waals surface area contributed by atoms with E-state index in [4.69, 9.17) is 11.6 Å². The third kappa shape index (κ3) is 3.36. The van der Waals surface area contributed by atoms with Crippen LogP contribution in [-0.2, 0) is 0 Å². The maximum atomic E-state index is 15.1. The number of rotatable bonds is 6. The van der Waals surface area contributed by atoms with Crippen molar-refractivity contribution in [2.75, 3.05) is 24.5 Å². The molecule has 2 N–H and O–H groups in total. The Morgan fingerprint density at radius 3 is 2.63 bits per heavy atom. The van der Waals surface area contributed by atoms with Crippen LogP contribution < -0.4 is 15.6 Å². The van der Waals surface area contributed by atoms with Crippen molar-refractivity contribution < 1.29 is 18.7 Å². The normalized spacial score (nSPS) is 24.0. The van der Waals surface area contributed by atoms with Gasteiger partial charge in [0.05, 0.1) is 21.6 Å². The molecule has 0 radical (unpaired) electrons. The first-order chi connectivity index (χ1) is 14.3. The Morgan fingerprint density at radius 1 is 1.27 bits per heavy atom. The van der Waals surface area contributed by atoms with Gasteiger partial charge in [0.1, 0.15) is 17.6 Å². The highest BCUT2D eigenvalue weighted by Crippen LogP contribution is 2.43. The van der Waals surface area contributed by atoms with E-state index in [1.54, 1.807) is 9.47 Å². The first-order valence-corrected chi connectivity index (χ1v) is 10.7. The first kappa shape index (κ1) is 19.8. The summed E-state index contributed by atoms with van der Waals surface area (Å²) in [5, 5.41) is 12.7. The number of carbonyl (C=O) groups is 1. The topological polar surface area (TPSA) is 74.6 Å². The third-order valence-corrected chi connectivity index (χ3v) is 6.64. The van der Waals surface area contributed by atoms with Crippen molar-refractivity contribution in [1.82, 2.24) is 9.88 Å². The number of alkyl halides is 1. The lowest BCUT2D eigenvalue weighted by molar-refractivity contribution is 0.0695. The molecule has 3 aliphatic rings. The zero-order valence-corrected chi connectivity index (χ0v) is 17.0. The number of fused-ring (bicyclic) bond motifs is 1. The molecule has 0 amide bonds. The van der Waals surface area contributed by atoms with Gasteiger partial charge in [-0.2, -0.15) is 0 Å². The number of benzene rings is 1. The van der Waals surface area contributed by atoms with Crippen LogP contribution >= 0.6 is 11.6 Å². The van der Waals surface area contributed by atoms with E-state index < -0.39 is 29.0 Å². The highest BCUT2D eigenvalue weighted by atomic mass is 35.5. The molecule has 2 heterocycles. The summed E-state index contributed by atoms with van der Waals surface area (Å²) in [4.78, 5) is 25.8. The van der Waals surface area contributed by atoms with Crippen molar-refractivity contribution in [3.8, 4) is 0 Å². The van der Waals surface area contributed by atoms with Crippen LogP contribution in [0.1, 0.15) is 42.1 Å². The molecule has 30 heavy (non-hydrogen) atoms. The zero-order valence-electron chi connectivity index (χ0n) is 16.2. The molecular weight excluding hydrogens is 416 g/mol. The second kappa shape index (κ2) is 7.20. The second-order valence-corrected chi connectivity index (χ2v) is 8.97. The van der Waals surface area contributed by atoms with Gasteiger partial charge < -0.3 is 19.9 Å². The van der Waals surface area contributed by atoms with E-state index in [0.717, 1.165) is 31.7 Å². The van der Waals surface area contributed by atoms with Crippen LogP contribution in [-0.4, -0.2) is 47.5 Å². The molecule has 1 aromatic heterocycles. The molecule has 1 aliphatic heterocycles. The molecule has 2 aliphatic carbocycles. The maximum Gasteiger partial charge on any atom is 0.341 e. The highest BCUT2D eigenvalue weighted by Gasteiger charge is 2.37. The van der Waals surface area contributed by atoms with Gasteiger partial charge in [-0.05, 0) is 31.7 Å². The van der Waals surface area contributed by atoms with Crippen molar-refractivity contribution in [3.05, 3.63) is 38.9 Å². The summed E-state index contributed by atoms with van der Waals surface area (Å²) in [6.45, 7) is 0.883. The van der Waals surface area contributed by atoms with E-state index in [0.29, 0.717) is 24.6 Å². The van der Waals surface area contributed by atoms with Crippen LogP contribution in [0.25, 0.3) is 10.9 Å². The van der Waals surface area contributed by atoms with Gasteiger partial charge in [-0.25, -0.2) is 13.6 Å². The number of aromatic carboxylic acids is 1. The summed E-state index contributed by atoms with van der Waals surface area (Å²) in [5.41, 5.74) is -0.773. The van der Waals surface area contributed by atoms with Crippen molar-refractivity contribution in [2.24, 2.45) is 5.92 Å². The lowest BCUT2D eigenvalue weighted by Crippen LogP contribution is -2.30. The van der Waals surface area contributed by atoms with Gasteiger partial charge in [-0.1, -0.05) is 11.6 Å². The molecule has 160 valence electrons. The molecule has 0 bridgehead atoms. The second-order valence-electron chi connectivity index (χ2n) is 8.60. The minimum Gasteiger partial charge on any atom is -0.477 e. The molecule has 1 saturated heterocycles. The van der Waals surface area contributed by atoms with E-state index in [1.807, 2.05) is 0 Å². The number of hydrogen-bond donors (Lipinski definition) is 2. The van der Waals surface area contributed by atoms with Crippen LogP contribution in [0.2, 0.25) is 5.02 Å². The Balaban J connectivity index is 1.58. The quantitative estimate of drug-likeness (QED) is 0.725. The maximum absolute atomic E-state index is 15.1. The molecule has 2 aromatic rings. The average Bonchev–Trinajstić information content (AvgIpc) is 3.60. The molecule has 9 heteroatoms. The number of nitrogens with zero attached hydrogens (tertiary/aromatic N) is 2. The minimum atomic E-state index is -1.36. The Kier molecular flexibility index (Phi) is 4.74. The lowest BCUT2D eigenvalue weighted by Gasteiger charge is -2.23. The number of nitrogens with one attached hydrogen (secondary N) is 1. The van der Waals surface area contributed by atoms with Crippen molar-refractivity contribution in [2.45, 2.75) is 43.9 Å². The van der Waals surface area contributed by atoms with E-state index >= 15 is 4.39 Å². The van der Waals surface area contributed by atoms with Crippen molar-refractivity contribution in [1.29, 1.82) is 0 Å². The summed E-state index contributed by atoms with van der Waals surface area (Å²) >= 11 is 6.61. The van der Waals surface area contributed by atoms with Crippen LogP contribution in [0.5, 0.6) is 0 Å². The van der Waals surface area contributed by atoms with Gasteiger partial charge in [0, 0.05) is 43.8 Å². The summed E-state index contributed by atoms with van der Waals surface area (Å²) in [6.07, 6.45) is 4.05. The number of carboxylic acid groups (broad SMARTS) is 1. The van der Waals surface area contributed by atoms with E-state index in [-0.39, 0.29) is 34.6 Å². The van der Waals surface area contributed by atoms with Gasteiger partial charge in [0.15, 0.2) is 0 Å². The molecule has 0 spiro atoms. The summed E-state index contributed by atoms with van der Waals surface area (Å²) < 4.78 is 31.4. The molecule has 3 fully saturated rings. The smallest absolute Gasteiger partial charge is 0.341 e. The first-order valence-electron chi connectivity index (χ1n) is 10.3. The summed E-state index contributed by atoms with van der Waals surface area (Å²) in [7, 11) is 0. The Hall–Kier alpha value is -2.19. The van der Waals surface area contributed by atoms with Crippen LogP contribution in [0.15, 0.2) is 17.1 Å². The van der Waals surface area contributed by atoms with Gasteiger partial charge in [-0.15, -0.1) is 0 Å². The van der Waals surface area contributed by atoms with E-state index in [2.05, 4.69) is 5.32 Å². The number of aromatic nitrogens is 1. The van der Waals surface area contributed by atoms with Gasteiger partial charge in [0.25, 0.3) is 0 Å². The van der Waals surface area contributed by atoms with Gasteiger partial charge in [0.2, 0.25) is 5.43 Å². The van der Waals surface area contributed by atoms with E-state index in [9.17, 15) is 19.1 Å². The Labute approximate surface area is 176 Å². The number of pyridine rings is 1. The molecule has 2 atom stereocenters. The molecule has 2 unspecified atom stereocenters. The predicted octanol–water partition coefficient (Wildman–Crippen LogP) is 3.35. The number of anilines is 1. The molecule has 5 rings (SSSR count). The highest BCUT2D eigenvalue weighted by molar-refractivity contribution is 6.38. The fourth-order valence-electron chi connectivity index (χ4n) is 4.33. The molecular formula is C21H22ClF2N3O3. The van der Waals surface area contributed by atoms with Crippen molar-refractivity contribution >= 4 is 34.2 Å². The Morgan fingerprint density at radius 2 is 2.00 bits per heavy atom. The minimum absolute atomic E-state index is 0.0185. The Bertz CT molecular complexity index is 1100.